The third-order valence-corrected chi connectivity index (χ3v) is 2.82. The van der Waals surface area contributed by atoms with Gasteiger partial charge in [-0.25, -0.2) is 4.98 Å². The standard InChI is InChI=1S/C14H28N4O/c1-6-8-15-12(10-19-14(3,4)5)9-13-16-11-17-18(13)7-2/h11-12,15H,6-10H2,1-5H3. The molecule has 0 saturated carbocycles. The van der Waals surface area contributed by atoms with Gasteiger partial charge in [-0.1, -0.05) is 6.92 Å². The SMILES string of the molecule is CCCNC(COC(C)(C)C)Cc1ncnn1CC. The molecule has 0 radical (unpaired) electrons. The van der Waals surface area contributed by atoms with Crippen LogP contribution in [0.5, 0.6) is 0 Å². The fourth-order valence-electron chi connectivity index (χ4n) is 1.82. The van der Waals surface area contributed by atoms with Gasteiger partial charge in [-0.3, -0.25) is 4.68 Å². The monoisotopic (exact) mass is 268 g/mol. The molecule has 1 aromatic heterocycles. The first kappa shape index (κ1) is 16.1. The zero-order valence-corrected chi connectivity index (χ0v) is 12.9. The maximum absolute atomic E-state index is 5.89. The summed E-state index contributed by atoms with van der Waals surface area (Å²) in [5.41, 5.74) is -0.107. The highest BCUT2D eigenvalue weighted by Gasteiger charge is 2.17. The number of rotatable bonds is 8. The highest BCUT2D eigenvalue weighted by molar-refractivity contribution is 4.90. The smallest absolute Gasteiger partial charge is 0.138 e. The minimum Gasteiger partial charge on any atom is -0.374 e. The van der Waals surface area contributed by atoms with Crippen LogP contribution in [0.25, 0.3) is 0 Å². The van der Waals surface area contributed by atoms with Crippen LogP contribution in [0, 0.1) is 0 Å². The summed E-state index contributed by atoms with van der Waals surface area (Å²) in [5.74, 6) is 1.02. The molecular weight excluding hydrogens is 240 g/mol. The molecule has 1 aromatic rings. The Morgan fingerprint density at radius 1 is 1.37 bits per heavy atom. The van der Waals surface area contributed by atoms with Gasteiger partial charge in [0.05, 0.1) is 12.2 Å². The zero-order chi connectivity index (χ0) is 14.3. The van der Waals surface area contributed by atoms with E-state index in [1.807, 2.05) is 4.68 Å². The van der Waals surface area contributed by atoms with Crippen LogP contribution < -0.4 is 5.32 Å². The Labute approximate surface area is 116 Å². The average Bonchev–Trinajstić information content (AvgIpc) is 2.78. The van der Waals surface area contributed by atoms with Gasteiger partial charge in [0.25, 0.3) is 0 Å². The molecular formula is C14H28N4O. The number of aryl methyl sites for hydroxylation is 1. The highest BCUT2D eigenvalue weighted by atomic mass is 16.5. The topological polar surface area (TPSA) is 52.0 Å². The summed E-state index contributed by atoms with van der Waals surface area (Å²) in [6.45, 7) is 13.0. The minimum absolute atomic E-state index is 0.107. The fourth-order valence-corrected chi connectivity index (χ4v) is 1.82. The van der Waals surface area contributed by atoms with Crippen LogP contribution in [0.15, 0.2) is 6.33 Å². The van der Waals surface area contributed by atoms with E-state index < -0.39 is 0 Å². The maximum Gasteiger partial charge on any atom is 0.138 e. The van der Waals surface area contributed by atoms with E-state index in [0.29, 0.717) is 6.61 Å². The lowest BCUT2D eigenvalue weighted by molar-refractivity contribution is -0.0146. The first-order chi connectivity index (χ1) is 8.96. The van der Waals surface area contributed by atoms with Crippen LogP contribution in [0.2, 0.25) is 0 Å². The Hall–Kier alpha value is -0.940. The molecule has 0 aliphatic carbocycles. The molecule has 0 aromatic carbocycles. The first-order valence-electron chi connectivity index (χ1n) is 7.20. The molecule has 19 heavy (non-hydrogen) atoms. The Morgan fingerprint density at radius 3 is 2.68 bits per heavy atom. The van der Waals surface area contributed by atoms with Gasteiger partial charge in [-0.2, -0.15) is 5.10 Å². The predicted molar refractivity (Wildman–Crippen MR) is 77.2 cm³/mol. The van der Waals surface area contributed by atoms with E-state index in [1.54, 1.807) is 6.33 Å². The second-order valence-corrected chi connectivity index (χ2v) is 5.77. The lowest BCUT2D eigenvalue weighted by Crippen LogP contribution is -2.39. The number of hydrogen-bond acceptors (Lipinski definition) is 4. The number of ether oxygens (including phenoxy) is 1. The van der Waals surface area contributed by atoms with Crippen LogP contribution >= 0.6 is 0 Å². The second kappa shape index (κ2) is 7.60. The van der Waals surface area contributed by atoms with Crippen molar-refractivity contribution in [2.24, 2.45) is 0 Å². The lowest BCUT2D eigenvalue weighted by atomic mass is 10.1. The van der Waals surface area contributed by atoms with E-state index >= 15 is 0 Å². The Morgan fingerprint density at radius 2 is 2.11 bits per heavy atom. The molecule has 1 unspecified atom stereocenters. The van der Waals surface area contributed by atoms with Crippen LogP contribution in [0.3, 0.4) is 0 Å². The number of hydrogen-bond donors (Lipinski definition) is 1. The molecule has 0 fully saturated rings. The molecule has 0 amide bonds. The Balaban J connectivity index is 2.58. The molecule has 1 heterocycles. The fraction of sp³-hybridized carbons (Fsp3) is 0.857. The van der Waals surface area contributed by atoms with Crippen LogP contribution in [0.4, 0.5) is 0 Å². The number of nitrogens with zero attached hydrogens (tertiary/aromatic N) is 3. The van der Waals surface area contributed by atoms with Gasteiger partial charge in [-0.05, 0) is 40.7 Å². The average molecular weight is 268 g/mol. The molecule has 0 saturated heterocycles. The van der Waals surface area contributed by atoms with E-state index in [9.17, 15) is 0 Å². The third kappa shape index (κ3) is 6.16. The molecule has 0 aliphatic heterocycles. The van der Waals surface area contributed by atoms with Gasteiger partial charge < -0.3 is 10.1 Å². The van der Waals surface area contributed by atoms with Gasteiger partial charge in [0, 0.05) is 19.0 Å². The van der Waals surface area contributed by atoms with Crippen LogP contribution in [-0.2, 0) is 17.7 Å². The predicted octanol–water partition coefficient (Wildman–Crippen LogP) is 2.02. The van der Waals surface area contributed by atoms with E-state index in [-0.39, 0.29) is 11.6 Å². The molecule has 110 valence electrons. The summed E-state index contributed by atoms with van der Waals surface area (Å²) >= 11 is 0. The van der Waals surface area contributed by atoms with Crippen LogP contribution in [0.1, 0.15) is 46.9 Å². The van der Waals surface area contributed by atoms with Crippen molar-refractivity contribution in [3.63, 3.8) is 0 Å². The molecule has 0 bridgehead atoms. The van der Waals surface area contributed by atoms with Gasteiger partial charge in [0.2, 0.25) is 0 Å². The third-order valence-electron chi connectivity index (χ3n) is 2.82. The van der Waals surface area contributed by atoms with Gasteiger partial charge >= 0.3 is 0 Å². The molecule has 0 spiro atoms. The summed E-state index contributed by atoms with van der Waals surface area (Å²) < 4.78 is 7.83. The molecule has 5 nitrogen and oxygen atoms in total. The van der Waals surface area contributed by atoms with Crippen molar-refractivity contribution in [3.8, 4) is 0 Å². The zero-order valence-electron chi connectivity index (χ0n) is 12.9. The van der Waals surface area contributed by atoms with Crippen LogP contribution in [-0.4, -0.2) is 39.6 Å². The molecule has 1 N–H and O–H groups in total. The van der Waals surface area contributed by atoms with Crippen molar-refractivity contribution in [2.45, 2.75) is 65.6 Å². The van der Waals surface area contributed by atoms with Gasteiger partial charge in [-0.15, -0.1) is 0 Å². The molecule has 1 rings (SSSR count). The summed E-state index contributed by atoms with van der Waals surface area (Å²) in [6.07, 6.45) is 3.59. The summed E-state index contributed by atoms with van der Waals surface area (Å²) in [7, 11) is 0. The quantitative estimate of drug-likeness (QED) is 0.784. The Bertz CT molecular complexity index is 357. The van der Waals surface area contributed by atoms with E-state index in [2.05, 4.69) is 50.0 Å². The first-order valence-corrected chi connectivity index (χ1v) is 7.20. The number of nitrogens with one attached hydrogen (secondary N) is 1. The largest absolute Gasteiger partial charge is 0.374 e. The van der Waals surface area contributed by atoms with Crippen molar-refractivity contribution in [1.82, 2.24) is 20.1 Å². The van der Waals surface area contributed by atoms with E-state index in [0.717, 1.165) is 31.8 Å². The van der Waals surface area contributed by atoms with Crippen molar-refractivity contribution < 1.29 is 4.74 Å². The molecule has 5 heteroatoms. The van der Waals surface area contributed by atoms with Crippen molar-refractivity contribution in [3.05, 3.63) is 12.2 Å². The molecule has 0 aliphatic rings. The summed E-state index contributed by atoms with van der Waals surface area (Å²) in [6, 6.07) is 0.286. The lowest BCUT2D eigenvalue weighted by Gasteiger charge is -2.25. The van der Waals surface area contributed by atoms with E-state index in [4.69, 9.17) is 4.74 Å². The maximum atomic E-state index is 5.89. The van der Waals surface area contributed by atoms with Crippen molar-refractivity contribution >= 4 is 0 Å². The van der Waals surface area contributed by atoms with Crippen molar-refractivity contribution in [1.29, 1.82) is 0 Å². The van der Waals surface area contributed by atoms with Gasteiger partial charge in [0.1, 0.15) is 12.2 Å². The second-order valence-electron chi connectivity index (χ2n) is 5.77. The molecule has 1 atom stereocenters. The number of aromatic nitrogens is 3. The summed E-state index contributed by atoms with van der Waals surface area (Å²) in [5, 5.41) is 7.74. The normalized spacial score (nSPS) is 13.7. The van der Waals surface area contributed by atoms with E-state index in [1.165, 1.54) is 0 Å². The Kier molecular flexibility index (Phi) is 6.45. The summed E-state index contributed by atoms with van der Waals surface area (Å²) in [4.78, 5) is 4.34. The van der Waals surface area contributed by atoms with Gasteiger partial charge in [0.15, 0.2) is 0 Å². The minimum atomic E-state index is -0.107. The van der Waals surface area contributed by atoms with Crippen molar-refractivity contribution in [2.75, 3.05) is 13.2 Å². The highest BCUT2D eigenvalue weighted by Crippen LogP contribution is 2.09.